The third-order valence-corrected chi connectivity index (χ3v) is 5.27. The predicted octanol–water partition coefficient (Wildman–Crippen LogP) is 5.86. The van der Waals surface area contributed by atoms with Crippen molar-refractivity contribution in [3.05, 3.63) is 65.7 Å². The second-order valence-corrected chi connectivity index (χ2v) is 8.81. The molecule has 3 rings (SSSR count). The summed E-state index contributed by atoms with van der Waals surface area (Å²) >= 11 is 0. The van der Waals surface area contributed by atoms with Crippen molar-refractivity contribution >= 4 is 17.5 Å². The van der Waals surface area contributed by atoms with Crippen LogP contribution in [0.15, 0.2) is 54.6 Å². The number of hydrogen-bond acceptors (Lipinski definition) is 3. The number of carbonyl (C=O) groups is 1. The van der Waals surface area contributed by atoms with Crippen LogP contribution in [0.2, 0.25) is 0 Å². The standard InChI is InChI=1S/C25H30F3N5O/c1-17(2)15-33(24(34)29-20-13-11-19(12-14-20)25(26,27)28)16-21-22(18-9-7-6-8-10-18)30-32(5)23(21)31(3)4/h6-14,17H,15-16H2,1-5H3,(H,29,34). The van der Waals surface area contributed by atoms with Gasteiger partial charge in [-0.2, -0.15) is 18.3 Å². The first-order valence-electron chi connectivity index (χ1n) is 11.0. The number of aryl methyl sites for hydroxylation is 1. The topological polar surface area (TPSA) is 53.4 Å². The highest BCUT2D eigenvalue weighted by Crippen LogP contribution is 2.32. The fraction of sp³-hybridized carbons (Fsp3) is 0.360. The van der Waals surface area contributed by atoms with Crippen molar-refractivity contribution in [3.63, 3.8) is 0 Å². The van der Waals surface area contributed by atoms with E-state index in [1.807, 2.05) is 70.2 Å². The lowest BCUT2D eigenvalue weighted by molar-refractivity contribution is -0.137. The number of hydrogen-bond donors (Lipinski definition) is 1. The van der Waals surface area contributed by atoms with Crippen molar-refractivity contribution in [2.45, 2.75) is 26.6 Å². The van der Waals surface area contributed by atoms with Gasteiger partial charge in [0.15, 0.2) is 0 Å². The molecule has 182 valence electrons. The van der Waals surface area contributed by atoms with Crippen molar-refractivity contribution < 1.29 is 18.0 Å². The predicted molar refractivity (Wildman–Crippen MR) is 129 cm³/mol. The molecule has 0 fully saturated rings. The van der Waals surface area contributed by atoms with E-state index in [0.717, 1.165) is 34.8 Å². The number of rotatable bonds is 7. The van der Waals surface area contributed by atoms with Crippen LogP contribution in [0.4, 0.5) is 29.5 Å². The van der Waals surface area contributed by atoms with Gasteiger partial charge in [0, 0.05) is 44.5 Å². The summed E-state index contributed by atoms with van der Waals surface area (Å²) in [4.78, 5) is 16.8. The molecule has 2 aromatic carbocycles. The van der Waals surface area contributed by atoms with Gasteiger partial charge in [-0.15, -0.1) is 0 Å². The molecule has 9 heteroatoms. The molecule has 34 heavy (non-hydrogen) atoms. The van der Waals surface area contributed by atoms with Gasteiger partial charge in [0.05, 0.1) is 17.8 Å². The first-order chi connectivity index (χ1) is 16.0. The minimum absolute atomic E-state index is 0.179. The van der Waals surface area contributed by atoms with Gasteiger partial charge in [-0.1, -0.05) is 44.2 Å². The Morgan fingerprint density at radius 3 is 2.21 bits per heavy atom. The second-order valence-electron chi connectivity index (χ2n) is 8.81. The lowest BCUT2D eigenvalue weighted by Crippen LogP contribution is -2.37. The maximum Gasteiger partial charge on any atom is 0.416 e. The van der Waals surface area contributed by atoms with Crippen LogP contribution < -0.4 is 10.2 Å². The lowest BCUT2D eigenvalue weighted by atomic mass is 10.1. The van der Waals surface area contributed by atoms with E-state index >= 15 is 0 Å². The monoisotopic (exact) mass is 473 g/mol. The van der Waals surface area contributed by atoms with E-state index in [2.05, 4.69) is 5.32 Å². The van der Waals surface area contributed by atoms with Gasteiger partial charge < -0.3 is 15.1 Å². The number of nitrogens with one attached hydrogen (secondary N) is 1. The Bertz CT molecular complexity index is 1110. The van der Waals surface area contributed by atoms with Crippen LogP contribution in [-0.2, 0) is 19.8 Å². The largest absolute Gasteiger partial charge is 0.416 e. The quantitative estimate of drug-likeness (QED) is 0.468. The number of benzene rings is 2. The van der Waals surface area contributed by atoms with Crippen molar-refractivity contribution in [3.8, 4) is 11.3 Å². The Balaban J connectivity index is 1.93. The molecule has 1 N–H and O–H groups in total. The average Bonchev–Trinajstić information content (AvgIpc) is 3.09. The number of aromatic nitrogens is 2. The van der Waals surface area contributed by atoms with Crippen molar-refractivity contribution in [2.24, 2.45) is 13.0 Å². The number of urea groups is 1. The molecule has 0 saturated carbocycles. The van der Waals surface area contributed by atoms with Crippen molar-refractivity contribution in [2.75, 3.05) is 30.9 Å². The molecule has 0 bridgehead atoms. The summed E-state index contributed by atoms with van der Waals surface area (Å²) in [6.07, 6.45) is -4.43. The van der Waals surface area contributed by atoms with Gasteiger partial charge in [0.1, 0.15) is 5.82 Å². The zero-order chi connectivity index (χ0) is 25.0. The molecular weight excluding hydrogens is 443 g/mol. The molecule has 1 aromatic heterocycles. The summed E-state index contributed by atoms with van der Waals surface area (Å²) in [6.45, 7) is 4.76. The van der Waals surface area contributed by atoms with Crippen LogP contribution in [0.1, 0.15) is 25.0 Å². The lowest BCUT2D eigenvalue weighted by Gasteiger charge is -2.26. The minimum Gasteiger partial charge on any atom is -0.363 e. The zero-order valence-corrected chi connectivity index (χ0v) is 20.0. The van der Waals surface area contributed by atoms with Crippen LogP contribution in [-0.4, -0.2) is 41.4 Å². The van der Waals surface area contributed by atoms with E-state index in [0.29, 0.717) is 12.2 Å². The summed E-state index contributed by atoms with van der Waals surface area (Å²) in [5, 5.41) is 7.46. The second kappa shape index (κ2) is 10.2. The highest BCUT2D eigenvalue weighted by atomic mass is 19.4. The molecular formula is C25H30F3N5O. The highest BCUT2D eigenvalue weighted by molar-refractivity contribution is 5.89. The Morgan fingerprint density at radius 2 is 1.68 bits per heavy atom. The molecule has 2 amide bonds. The van der Waals surface area contributed by atoms with Crippen LogP contribution >= 0.6 is 0 Å². The summed E-state index contributed by atoms with van der Waals surface area (Å²) < 4.78 is 40.4. The molecule has 0 saturated heterocycles. The van der Waals surface area contributed by atoms with Crippen molar-refractivity contribution in [1.82, 2.24) is 14.7 Å². The number of anilines is 2. The van der Waals surface area contributed by atoms with E-state index in [4.69, 9.17) is 5.10 Å². The third-order valence-electron chi connectivity index (χ3n) is 5.27. The Labute approximate surface area is 198 Å². The molecule has 0 radical (unpaired) electrons. The highest BCUT2D eigenvalue weighted by Gasteiger charge is 2.30. The zero-order valence-electron chi connectivity index (χ0n) is 20.0. The van der Waals surface area contributed by atoms with Crippen LogP contribution in [0.25, 0.3) is 11.3 Å². The summed E-state index contributed by atoms with van der Waals surface area (Å²) in [7, 11) is 5.70. The number of alkyl halides is 3. The van der Waals surface area contributed by atoms with Gasteiger partial charge in [-0.05, 0) is 30.2 Å². The number of amides is 2. The third kappa shape index (κ3) is 5.89. The Kier molecular flexibility index (Phi) is 7.54. The van der Waals surface area contributed by atoms with Gasteiger partial charge in [-0.3, -0.25) is 4.68 Å². The maximum absolute atomic E-state index is 13.2. The van der Waals surface area contributed by atoms with Gasteiger partial charge in [-0.25, -0.2) is 4.79 Å². The van der Waals surface area contributed by atoms with E-state index in [1.54, 1.807) is 9.58 Å². The number of nitrogens with zero attached hydrogens (tertiary/aromatic N) is 4. The summed E-state index contributed by atoms with van der Waals surface area (Å²) in [5.74, 6) is 1.05. The van der Waals surface area contributed by atoms with Crippen molar-refractivity contribution in [1.29, 1.82) is 0 Å². The summed E-state index contributed by atoms with van der Waals surface area (Å²) in [6, 6.07) is 13.8. The van der Waals surface area contributed by atoms with E-state index in [9.17, 15) is 18.0 Å². The smallest absolute Gasteiger partial charge is 0.363 e. The van der Waals surface area contributed by atoms with E-state index in [1.165, 1.54) is 12.1 Å². The fourth-order valence-electron chi connectivity index (χ4n) is 3.89. The van der Waals surface area contributed by atoms with Gasteiger partial charge >= 0.3 is 12.2 Å². The first kappa shape index (κ1) is 25.1. The molecule has 0 aliphatic heterocycles. The number of carbonyl (C=O) groups excluding carboxylic acids is 1. The Morgan fingerprint density at radius 1 is 1.06 bits per heavy atom. The van der Waals surface area contributed by atoms with Crippen LogP contribution in [0, 0.1) is 5.92 Å². The number of halogens is 3. The Hall–Kier alpha value is -3.49. The van der Waals surface area contributed by atoms with Gasteiger partial charge in [0.25, 0.3) is 0 Å². The van der Waals surface area contributed by atoms with Crippen LogP contribution in [0.5, 0.6) is 0 Å². The molecule has 3 aromatic rings. The molecule has 0 aliphatic carbocycles. The molecule has 0 unspecified atom stereocenters. The molecule has 1 heterocycles. The molecule has 0 spiro atoms. The normalized spacial score (nSPS) is 11.6. The fourth-order valence-corrected chi connectivity index (χ4v) is 3.89. The van der Waals surface area contributed by atoms with Crippen LogP contribution in [0.3, 0.4) is 0 Å². The SMILES string of the molecule is CC(C)CN(Cc1c(-c2ccccc2)nn(C)c1N(C)C)C(=O)Nc1ccc(C(F)(F)F)cc1. The van der Waals surface area contributed by atoms with E-state index in [-0.39, 0.29) is 18.5 Å². The first-order valence-corrected chi connectivity index (χ1v) is 11.0. The molecule has 0 aliphatic rings. The molecule has 0 atom stereocenters. The molecule has 6 nitrogen and oxygen atoms in total. The van der Waals surface area contributed by atoms with E-state index < -0.39 is 11.7 Å². The summed E-state index contributed by atoms with van der Waals surface area (Å²) in [5.41, 5.74) is 2.15. The maximum atomic E-state index is 13.2. The van der Waals surface area contributed by atoms with Gasteiger partial charge in [0.2, 0.25) is 0 Å². The minimum atomic E-state index is -4.43. The average molecular weight is 474 g/mol.